The molecule has 1 aliphatic rings. The number of rotatable bonds is 4. The summed E-state index contributed by atoms with van der Waals surface area (Å²) in [7, 11) is 0. The van der Waals surface area contributed by atoms with Crippen molar-refractivity contribution in [2.24, 2.45) is 0 Å². The van der Waals surface area contributed by atoms with Gasteiger partial charge in [0.15, 0.2) is 0 Å². The van der Waals surface area contributed by atoms with Crippen LogP contribution in [0.3, 0.4) is 0 Å². The Hall–Kier alpha value is -1.98. The van der Waals surface area contributed by atoms with E-state index in [-0.39, 0.29) is 12.5 Å². The standard InChI is InChI=1S/C16H18N2O3/c19-16(20)9-14-11-21-7-6-18(14)10-12-3-4-15-13(8-12)2-1-5-17-15/h1-5,8,14H,6-7,9-11H2,(H,19,20). The average Bonchev–Trinajstić information content (AvgIpc) is 2.49. The summed E-state index contributed by atoms with van der Waals surface area (Å²) in [5.41, 5.74) is 2.15. The molecule has 0 saturated carbocycles. The maximum atomic E-state index is 10.9. The van der Waals surface area contributed by atoms with Gasteiger partial charge in [-0.1, -0.05) is 12.1 Å². The molecule has 0 radical (unpaired) electrons. The lowest BCUT2D eigenvalue weighted by molar-refractivity contribution is -0.140. The van der Waals surface area contributed by atoms with Crippen LogP contribution in [0.4, 0.5) is 0 Å². The maximum Gasteiger partial charge on any atom is 0.305 e. The van der Waals surface area contributed by atoms with Gasteiger partial charge in [0.2, 0.25) is 0 Å². The lowest BCUT2D eigenvalue weighted by Gasteiger charge is -2.34. The SMILES string of the molecule is O=C(O)CC1COCCN1Cc1ccc2ncccc2c1. The minimum atomic E-state index is -0.779. The van der Waals surface area contributed by atoms with Crippen LogP contribution >= 0.6 is 0 Å². The van der Waals surface area contributed by atoms with Crippen molar-refractivity contribution in [1.29, 1.82) is 0 Å². The molecule has 110 valence electrons. The predicted octanol–water partition coefficient (Wildman–Crippen LogP) is 1.91. The second-order valence-corrected chi connectivity index (χ2v) is 5.33. The molecule has 1 saturated heterocycles. The fourth-order valence-corrected chi connectivity index (χ4v) is 2.74. The molecule has 1 aliphatic heterocycles. The molecular formula is C16H18N2O3. The minimum Gasteiger partial charge on any atom is -0.481 e. The number of hydrogen-bond acceptors (Lipinski definition) is 4. The van der Waals surface area contributed by atoms with Crippen molar-refractivity contribution < 1.29 is 14.6 Å². The van der Waals surface area contributed by atoms with Gasteiger partial charge < -0.3 is 9.84 Å². The number of benzene rings is 1. The third-order valence-corrected chi connectivity index (χ3v) is 3.81. The van der Waals surface area contributed by atoms with Gasteiger partial charge in [-0.25, -0.2) is 0 Å². The quantitative estimate of drug-likeness (QED) is 0.930. The third kappa shape index (κ3) is 3.37. The van der Waals surface area contributed by atoms with Crippen LogP contribution in [-0.4, -0.2) is 46.8 Å². The normalized spacial score (nSPS) is 19.7. The largest absolute Gasteiger partial charge is 0.481 e. The van der Waals surface area contributed by atoms with E-state index in [4.69, 9.17) is 9.84 Å². The van der Waals surface area contributed by atoms with Crippen molar-refractivity contribution in [3.63, 3.8) is 0 Å². The molecule has 1 unspecified atom stereocenters. The first kappa shape index (κ1) is 14.0. The number of nitrogens with zero attached hydrogens (tertiary/aromatic N) is 2. The molecule has 1 aromatic heterocycles. The lowest BCUT2D eigenvalue weighted by Crippen LogP contribution is -2.45. The second-order valence-electron chi connectivity index (χ2n) is 5.33. The van der Waals surface area contributed by atoms with E-state index in [2.05, 4.69) is 22.0 Å². The summed E-state index contributed by atoms with van der Waals surface area (Å²) >= 11 is 0. The van der Waals surface area contributed by atoms with Crippen molar-refractivity contribution in [3.05, 3.63) is 42.1 Å². The summed E-state index contributed by atoms with van der Waals surface area (Å²) in [6, 6.07) is 10.1. The van der Waals surface area contributed by atoms with Gasteiger partial charge in [0.25, 0.3) is 0 Å². The smallest absolute Gasteiger partial charge is 0.305 e. The molecule has 1 aromatic carbocycles. The van der Waals surface area contributed by atoms with Crippen LogP contribution < -0.4 is 0 Å². The highest BCUT2D eigenvalue weighted by Gasteiger charge is 2.25. The number of ether oxygens (including phenoxy) is 1. The van der Waals surface area contributed by atoms with E-state index in [0.717, 1.165) is 24.0 Å². The zero-order valence-electron chi connectivity index (χ0n) is 11.7. The van der Waals surface area contributed by atoms with E-state index in [0.29, 0.717) is 13.2 Å². The molecule has 3 rings (SSSR count). The van der Waals surface area contributed by atoms with Gasteiger partial charge in [0.05, 0.1) is 25.2 Å². The van der Waals surface area contributed by atoms with Gasteiger partial charge in [-0.15, -0.1) is 0 Å². The van der Waals surface area contributed by atoms with Crippen LogP contribution in [0.5, 0.6) is 0 Å². The van der Waals surface area contributed by atoms with E-state index in [1.54, 1.807) is 6.20 Å². The molecule has 21 heavy (non-hydrogen) atoms. The highest BCUT2D eigenvalue weighted by atomic mass is 16.5. The maximum absolute atomic E-state index is 10.9. The first-order chi connectivity index (χ1) is 10.2. The van der Waals surface area contributed by atoms with Crippen LogP contribution in [0.25, 0.3) is 10.9 Å². The van der Waals surface area contributed by atoms with Crippen molar-refractivity contribution >= 4 is 16.9 Å². The van der Waals surface area contributed by atoms with Crippen molar-refractivity contribution in [2.75, 3.05) is 19.8 Å². The molecule has 2 aromatic rings. The number of morpholine rings is 1. The Morgan fingerprint density at radius 1 is 1.43 bits per heavy atom. The minimum absolute atomic E-state index is 0.0548. The number of hydrogen-bond donors (Lipinski definition) is 1. The Morgan fingerprint density at radius 2 is 2.33 bits per heavy atom. The molecule has 1 fully saturated rings. The first-order valence-corrected chi connectivity index (χ1v) is 7.09. The number of carboxylic acids is 1. The predicted molar refractivity (Wildman–Crippen MR) is 79.0 cm³/mol. The van der Waals surface area contributed by atoms with Crippen molar-refractivity contribution in [2.45, 2.75) is 19.0 Å². The molecule has 5 nitrogen and oxygen atoms in total. The summed E-state index contributed by atoms with van der Waals surface area (Å²) < 4.78 is 5.41. The molecular weight excluding hydrogens is 268 g/mol. The van der Waals surface area contributed by atoms with Crippen LogP contribution in [0.1, 0.15) is 12.0 Å². The summed E-state index contributed by atoms with van der Waals surface area (Å²) in [6.07, 6.45) is 1.90. The third-order valence-electron chi connectivity index (χ3n) is 3.81. The van der Waals surface area contributed by atoms with E-state index < -0.39 is 5.97 Å². The molecule has 2 heterocycles. The molecule has 0 amide bonds. The Balaban J connectivity index is 1.77. The monoisotopic (exact) mass is 286 g/mol. The zero-order chi connectivity index (χ0) is 14.7. The zero-order valence-corrected chi connectivity index (χ0v) is 11.7. The van der Waals surface area contributed by atoms with Crippen molar-refractivity contribution in [3.8, 4) is 0 Å². The summed E-state index contributed by atoms with van der Waals surface area (Å²) in [5.74, 6) is -0.779. The van der Waals surface area contributed by atoms with E-state index in [1.807, 2.05) is 18.2 Å². The number of pyridine rings is 1. The van der Waals surface area contributed by atoms with Gasteiger partial charge >= 0.3 is 5.97 Å². The highest BCUT2D eigenvalue weighted by molar-refractivity contribution is 5.78. The van der Waals surface area contributed by atoms with Gasteiger partial charge in [-0.2, -0.15) is 0 Å². The van der Waals surface area contributed by atoms with Crippen LogP contribution in [0.15, 0.2) is 36.5 Å². The number of aliphatic carboxylic acids is 1. The van der Waals surface area contributed by atoms with E-state index in [9.17, 15) is 4.79 Å². The first-order valence-electron chi connectivity index (χ1n) is 7.09. The Bertz CT molecular complexity index is 644. The average molecular weight is 286 g/mol. The molecule has 0 aliphatic carbocycles. The number of carboxylic acid groups (broad SMARTS) is 1. The fourth-order valence-electron chi connectivity index (χ4n) is 2.74. The second kappa shape index (κ2) is 6.20. The molecule has 1 N–H and O–H groups in total. The topological polar surface area (TPSA) is 62.7 Å². The molecule has 0 spiro atoms. The summed E-state index contributed by atoms with van der Waals surface area (Å²) in [5, 5.41) is 10.1. The van der Waals surface area contributed by atoms with Gasteiger partial charge in [0, 0.05) is 30.7 Å². The number of carbonyl (C=O) groups is 1. The highest BCUT2D eigenvalue weighted by Crippen LogP contribution is 2.18. The van der Waals surface area contributed by atoms with Gasteiger partial charge in [0.1, 0.15) is 0 Å². The van der Waals surface area contributed by atoms with Gasteiger partial charge in [-0.3, -0.25) is 14.7 Å². The summed E-state index contributed by atoms with van der Waals surface area (Å²) in [4.78, 5) is 17.5. The molecule has 1 atom stereocenters. The number of aromatic nitrogens is 1. The van der Waals surface area contributed by atoms with Crippen molar-refractivity contribution in [1.82, 2.24) is 9.88 Å². The lowest BCUT2D eigenvalue weighted by atomic mass is 10.1. The molecule has 5 heteroatoms. The Labute approximate surface area is 123 Å². The Morgan fingerprint density at radius 3 is 3.19 bits per heavy atom. The van der Waals surface area contributed by atoms with E-state index in [1.165, 1.54) is 5.56 Å². The van der Waals surface area contributed by atoms with Crippen LogP contribution in [-0.2, 0) is 16.1 Å². The van der Waals surface area contributed by atoms with Gasteiger partial charge in [-0.05, 0) is 23.8 Å². The van der Waals surface area contributed by atoms with Crippen LogP contribution in [0.2, 0.25) is 0 Å². The number of fused-ring (bicyclic) bond motifs is 1. The fraction of sp³-hybridized carbons (Fsp3) is 0.375. The molecule has 0 bridgehead atoms. The van der Waals surface area contributed by atoms with E-state index >= 15 is 0 Å². The van der Waals surface area contributed by atoms with Crippen LogP contribution in [0, 0.1) is 0 Å². The Kier molecular flexibility index (Phi) is 4.13. The summed E-state index contributed by atoms with van der Waals surface area (Å²) in [6.45, 7) is 2.65.